The van der Waals surface area contributed by atoms with E-state index in [9.17, 15) is 8.78 Å². The Bertz CT molecular complexity index is 897. The largest absolute Gasteiger partial charge is 0.234 e. The Morgan fingerprint density at radius 3 is 2.61 bits per heavy atom. The van der Waals surface area contributed by atoms with Crippen LogP contribution in [0.5, 0.6) is 0 Å². The molecule has 3 aromatic rings. The molecule has 0 aliphatic heterocycles. The number of hydrogen-bond donors (Lipinski definition) is 0. The fraction of sp³-hybridized carbons (Fsp3) is 0.188. The van der Waals surface area contributed by atoms with E-state index < -0.39 is 11.8 Å². The van der Waals surface area contributed by atoms with Crippen molar-refractivity contribution in [1.82, 2.24) is 14.6 Å². The van der Waals surface area contributed by atoms with Crippen LogP contribution >= 0.6 is 11.6 Å². The number of halogens is 3. The highest BCUT2D eigenvalue weighted by molar-refractivity contribution is 6.29. The van der Waals surface area contributed by atoms with Gasteiger partial charge in [-0.25, -0.2) is 9.37 Å². The zero-order valence-electron chi connectivity index (χ0n) is 11.9. The molecule has 1 saturated carbocycles. The molecule has 1 aliphatic rings. The van der Waals surface area contributed by atoms with Crippen molar-refractivity contribution in [2.24, 2.45) is 0 Å². The standard InChI is InChI=1S/C9H7ClFN3.C7H4FN/c10-7-3-6(5-1-2-5)9-12-4-8(11)14(9)13-7;8-7-4-2-1-3-6(7)5-9/h3-5H,1-2H2;1-4H. The third-order valence-corrected chi connectivity index (χ3v) is 3.62. The maximum absolute atomic E-state index is 13.2. The van der Waals surface area contributed by atoms with Crippen molar-refractivity contribution in [3.05, 3.63) is 64.6 Å². The van der Waals surface area contributed by atoms with Crippen molar-refractivity contribution >= 4 is 17.2 Å². The van der Waals surface area contributed by atoms with Gasteiger partial charge in [-0.15, -0.1) is 0 Å². The summed E-state index contributed by atoms with van der Waals surface area (Å²) in [7, 11) is 0. The SMILES string of the molecule is Fc1cnc2c(C3CC3)cc(Cl)nn12.N#Cc1ccccc1F. The highest BCUT2D eigenvalue weighted by Gasteiger charge is 2.27. The minimum Gasteiger partial charge on any atom is -0.232 e. The van der Waals surface area contributed by atoms with E-state index in [1.165, 1.54) is 18.3 Å². The summed E-state index contributed by atoms with van der Waals surface area (Å²) in [5.41, 5.74) is 1.70. The van der Waals surface area contributed by atoms with Crippen LogP contribution in [-0.4, -0.2) is 14.6 Å². The molecule has 1 aromatic carbocycles. The number of benzene rings is 1. The Kier molecular flexibility index (Phi) is 4.22. The van der Waals surface area contributed by atoms with Crippen molar-refractivity contribution in [3.8, 4) is 6.07 Å². The third kappa shape index (κ3) is 3.30. The van der Waals surface area contributed by atoms with E-state index in [1.807, 2.05) is 0 Å². The average molecular weight is 333 g/mol. The molecule has 0 radical (unpaired) electrons. The number of rotatable bonds is 1. The summed E-state index contributed by atoms with van der Waals surface area (Å²) in [6.07, 6.45) is 3.43. The monoisotopic (exact) mass is 332 g/mol. The summed E-state index contributed by atoms with van der Waals surface area (Å²) in [4.78, 5) is 3.99. The van der Waals surface area contributed by atoms with Crippen molar-refractivity contribution < 1.29 is 8.78 Å². The number of hydrogen-bond acceptors (Lipinski definition) is 3. The van der Waals surface area contributed by atoms with E-state index in [1.54, 1.807) is 24.3 Å². The summed E-state index contributed by atoms with van der Waals surface area (Å²) in [5.74, 6) is -0.441. The summed E-state index contributed by atoms with van der Waals surface area (Å²) < 4.78 is 26.7. The van der Waals surface area contributed by atoms with Crippen LogP contribution in [0.2, 0.25) is 5.15 Å². The lowest BCUT2D eigenvalue weighted by molar-refractivity contribution is 0.548. The van der Waals surface area contributed by atoms with Gasteiger partial charge in [0.2, 0.25) is 5.95 Å². The summed E-state index contributed by atoms with van der Waals surface area (Å²) in [5, 5.41) is 12.4. The number of aromatic nitrogens is 3. The molecular formula is C16H11ClF2N4. The predicted octanol–water partition coefficient (Wildman–Crippen LogP) is 4.10. The molecule has 0 saturated heterocycles. The molecule has 2 heterocycles. The first-order valence-corrected chi connectivity index (χ1v) is 7.32. The molecule has 0 spiro atoms. The Hall–Kier alpha value is -2.52. The molecule has 0 bridgehead atoms. The van der Waals surface area contributed by atoms with Gasteiger partial charge in [-0.1, -0.05) is 23.7 Å². The van der Waals surface area contributed by atoms with Gasteiger partial charge in [0.05, 0.1) is 11.8 Å². The second-order valence-electron chi connectivity index (χ2n) is 5.10. The molecule has 2 aromatic heterocycles. The molecule has 1 aliphatic carbocycles. The van der Waals surface area contributed by atoms with E-state index in [-0.39, 0.29) is 5.56 Å². The van der Waals surface area contributed by atoms with Gasteiger partial charge in [-0.05, 0) is 37.0 Å². The molecule has 7 heteroatoms. The van der Waals surface area contributed by atoms with Gasteiger partial charge < -0.3 is 0 Å². The highest BCUT2D eigenvalue weighted by Crippen LogP contribution is 2.42. The zero-order chi connectivity index (χ0) is 16.4. The van der Waals surface area contributed by atoms with Gasteiger partial charge in [-0.2, -0.15) is 19.3 Å². The van der Waals surface area contributed by atoms with E-state index in [0.717, 1.165) is 22.9 Å². The van der Waals surface area contributed by atoms with Crippen molar-refractivity contribution in [2.45, 2.75) is 18.8 Å². The average Bonchev–Trinajstić information content (AvgIpc) is 3.33. The first kappa shape index (κ1) is 15.4. The first-order valence-electron chi connectivity index (χ1n) is 6.94. The molecule has 0 amide bonds. The van der Waals surface area contributed by atoms with Crippen molar-refractivity contribution in [1.29, 1.82) is 5.26 Å². The van der Waals surface area contributed by atoms with Gasteiger partial charge in [0, 0.05) is 5.56 Å². The van der Waals surface area contributed by atoms with Crippen LogP contribution in [0.1, 0.15) is 29.9 Å². The predicted molar refractivity (Wildman–Crippen MR) is 81.0 cm³/mol. The van der Waals surface area contributed by atoms with E-state index in [4.69, 9.17) is 16.9 Å². The molecule has 0 N–H and O–H groups in total. The third-order valence-electron chi connectivity index (χ3n) is 3.44. The normalized spacial score (nSPS) is 13.3. The van der Waals surface area contributed by atoms with Crippen LogP contribution in [0.25, 0.3) is 5.65 Å². The number of imidazole rings is 1. The van der Waals surface area contributed by atoms with Gasteiger partial charge in [0.1, 0.15) is 11.9 Å². The van der Waals surface area contributed by atoms with Crippen LogP contribution in [0.4, 0.5) is 8.78 Å². The lowest BCUT2D eigenvalue weighted by Crippen LogP contribution is -1.98. The minimum atomic E-state index is -0.468. The molecule has 4 rings (SSSR count). The quantitative estimate of drug-likeness (QED) is 0.674. The van der Waals surface area contributed by atoms with Gasteiger partial charge in [-0.3, -0.25) is 0 Å². The smallest absolute Gasteiger partial charge is 0.232 e. The van der Waals surface area contributed by atoms with Crippen LogP contribution in [0, 0.1) is 23.1 Å². The Labute approximate surface area is 136 Å². The maximum atomic E-state index is 13.2. The van der Waals surface area contributed by atoms with Gasteiger partial charge in [0.15, 0.2) is 10.8 Å². The topological polar surface area (TPSA) is 54.0 Å². The van der Waals surface area contributed by atoms with Crippen LogP contribution in [0.15, 0.2) is 36.5 Å². The molecule has 0 unspecified atom stereocenters. The molecular weight excluding hydrogens is 322 g/mol. The maximum Gasteiger partial charge on any atom is 0.234 e. The summed E-state index contributed by atoms with van der Waals surface area (Å²) >= 11 is 5.80. The van der Waals surface area contributed by atoms with Crippen molar-refractivity contribution in [3.63, 3.8) is 0 Å². The summed E-state index contributed by atoms with van der Waals surface area (Å²) in [6, 6.07) is 9.38. The molecule has 4 nitrogen and oxygen atoms in total. The van der Waals surface area contributed by atoms with Crippen molar-refractivity contribution in [2.75, 3.05) is 0 Å². The fourth-order valence-electron chi connectivity index (χ4n) is 2.18. The number of nitriles is 1. The molecule has 23 heavy (non-hydrogen) atoms. The molecule has 1 fully saturated rings. The van der Waals surface area contributed by atoms with E-state index in [0.29, 0.717) is 16.7 Å². The number of fused-ring (bicyclic) bond motifs is 1. The first-order chi connectivity index (χ1) is 11.1. The fourth-order valence-corrected chi connectivity index (χ4v) is 2.37. The molecule has 116 valence electrons. The lowest BCUT2D eigenvalue weighted by atomic mass is 10.2. The second-order valence-corrected chi connectivity index (χ2v) is 5.49. The Morgan fingerprint density at radius 2 is 2.00 bits per heavy atom. The lowest BCUT2D eigenvalue weighted by Gasteiger charge is -2.01. The van der Waals surface area contributed by atoms with Crippen LogP contribution in [0.3, 0.4) is 0 Å². The van der Waals surface area contributed by atoms with Crippen LogP contribution in [-0.2, 0) is 0 Å². The zero-order valence-corrected chi connectivity index (χ0v) is 12.6. The van der Waals surface area contributed by atoms with Gasteiger partial charge >= 0.3 is 0 Å². The second kappa shape index (κ2) is 6.31. The summed E-state index contributed by atoms with van der Waals surface area (Å²) in [6.45, 7) is 0. The van der Waals surface area contributed by atoms with Crippen LogP contribution < -0.4 is 0 Å². The van der Waals surface area contributed by atoms with E-state index in [2.05, 4.69) is 10.1 Å². The van der Waals surface area contributed by atoms with Gasteiger partial charge in [0.25, 0.3) is 0 Å². The Balaban J connectivity index is 0.000000151. The minimum absolute atomic E-state index is 0.0949. The van der Waals surface area contributed by atoms with E-state index >= 15 is 0 Å². The highest BCUT2D eigenvalue weighted by atomic mass is 35.5. The molecule has 0 atom stereocenters. The Morgan fingerprint density at radius 1 is 1.26 bits per heavy atom. The number of nitrogens with zero attached hydrogens (tertiary/aromatic N) is 4.